The predicted molar refractivity (Wildman–Crippen MR) is 120 cm³/mol. The lowest BCUT2D eigenvalue weighted by Crippen LogP contribution is -2.35. The van der Waals surface area contributed by atoms with Crippen molar-refractivity contribution in [1.82, 2.24) is 5.43 Å². The van der Waals surface area contributed by atoms with E-state index in [-0.39, 0.29) is 5.91 Å². The molecule has 154 valence electrons. The van der Waals surface area contributed by atoms with Crippen LogP contribution in [0.2, 0.25) is 0 Å². The molecule has 1 aromatic heterocycles. The minimum atomic E-state index is -0.244. The molecule has 1 aliphatic heterocycles. The van der Waals surface area contributed by atoms with Crippen LogP contribution in [0.5, 0.6) is 5.75 Å². The first kappa shape index (κ1) is 20.1. The van der Waals surface area contributed by atoms with Gasteiger partial charge in [-0.1, -0.05) is 30.3 Å². The summed E-state index contributed by atoms with van der Waals surface area (Å²) in [6, 6.07) is 21.0. The normalized spacial score (nSPS) is 14.1. The quantitative estimate of drug-likeness (QED) is 0.464. The molecule has 3 aromatic rings. The lowest BCUT2D eigenvalue weighted by Gasteiger charge is -2.27. The summed E-state index contributed by atoms with van der Waals surface area (Å²) in [6.07, 6.45) is 1.68. The molecule has 0 unspecified atom stereocenters. The molecule has 1 aliphatic rings. The van der Waals surface area contributed by atoms with Crippen molar-refractivity contribution in [3.63, 3.8) is 0 Å². The first-order valence-corrected chi connectivity index (χ1v) is 10.6. The molecule has 0 atom stereocenters. The second-order valence-corrected chi connectivity index (χ2v) is 7.87. The zero-order valence-electron chi connectivity index (χ0n) is 16.5. The molecule has 30 heavy (non-hydrogen) atoms. The van der Waals surface area contributed by atoms with E-state index in [0.717, 1.165) is 42.5 Å². The van der Waals surface area contributed by atoms with E-state index in [1.165, 1.54) is 5.00 Å². The van der Waals surface area contributed by atoms with Gasteiger partial charge < -0.3 is 14.4 Å². The number of hydrogen-bond donors (Lipinski definition) is 1. The smallest absolute Gasteiger partial charge is 0.271 e. The molecule has 1 amide bonds. The van der Waals surface area contributed by atoms with Gasteiger partial charge in [0.25, 0.3) is 5.91 Å². The maximum Gasteiger partial charge on any atom is 0.271 e. The maximum absolute atomic E-state index is 12.3. The van der Waals surface area contributed by atoms with Crippen LogP contribution in [0.15, 0.2) is 71.8 Å². The van der Waals surface area contributed by atoms with Gasteiger partial charge in [0.1, 0.15) is 12.4 Å². The van der Waals surface area contributed by atoms with Crippen molar-refractivity contribution in [3.8, 4) is 5.75 Å². The molecule has 0 bridgehead atoms. The van der Waals surface area contributed by atoms with Gasteiger partial charge in [-0.3, -0.25) is 4.79 Å². The summed E-state index contributed by atoms with van der Waals surface area (Å²) in [4.78, 5) is 15.6. The molecule has 1 fully saturated rings. The van der Waals surface area contributed by atoms with Crippen molar-refractivity contribution in [1.29, 1.82) is 0 Å². The van der Waals surface area contributed by atoms with E-state index in [1.54, 1.807) is 29.7 Å². The molecular formula is C23H23N3O3S. The van der Waals surface area contributed by atoms with Gasteiger partial charge in [-0.25, -0.2) is 5.43 Å². The third-order valence-corrected chi connectivity index (χ3v) is 5.74. The van der Waals surface area contributed by atoms with Crippen molar-refractivity contribution in [3.05, 3.63) is 82.7 Å². The number of para-hydroxylation sites is 1. The number of ether oxygens (including phenoxy) is 2. The minimum Gasteiger partial charge on any atom is -0.489 e. The second kappa shape index (κ2) is 10.0. The first-order valence-electron chi connectivity index (χ1n) is 9.81. The molecular weight excluding hydrogens is 398 g/mol. The number of hydrogen-bond acceptors (Lipinski definition) is 6. The number of rotatable bonds is 7. The SMILES string of the molecule is O=C(N/N=C\c1ccc(N2CCOCC2)s1)c1ccc(COc2ccccc2)cc1. The van der Waals surface area contributed by atoms with E-state index in [1.807, 2.05) is 48.5 Å². The topological polar surface area (TPSA) is 63.2 Å². The summed E-state index contributed by atoms with van der Waals surface area (Å²) in [7, 11) is 0. The summed E-state index contributed by atoms with van der Waals surface area (Å²) < 4.78 is 11.1. The highest BCUT2D eigenvalue weighted by Gasteiger charge is 2.12. The van der Waals surface area contributed by atoms with Crippen molar-refractivity contribution in [2.24, 2.45) is 5.10 Å². The fraction of sp³-hybridized carbons (Fsp3) is 0.217. The molecule has 0 spiro atoms. The van der Waals surface area contributed by atoms with E-state index in [0.29, 0.717) is 12.2 Å². The number of anilines is 1. The van der Waals surface area contributed by atoms with Crippen molar-refractivity contribution >= 4 is 28.5 Å². The van der Waals surface area contributed by atoms with E-state index in [9.17, 15) is 4.79 Å². The first-order chi connectivity index (χ1) is 14.8. The highest BCUT2D eigenvalue weighted by Crippen LogP contribution is 2.25. The van der Waals surface area contributed by atoms with Crippen LogP contribution in [0.3, 0.4) is 0 Å². The van der Waals surface area contributed by atoms with Crippen LogP contribution in [-0.4, -0.2) is 38.4 Å². The lowest BCUT2D eigenvalue weighted by atomic mass is 10.1. The molecule has 2 aromatic carbocycles. The molecule has 7 heteroatoms. The maximum atomic E-state index is 12.3. The molecule has 1 saturated heterocycles. The fourth-order valence-electron chi connectivity index (χ4n) is 3.02. The van der Waals surface area contributed by atoms with Crippen LogP contribution in [0, 0.1) is 0 Å². The van der Waals surface area contributed by atoms with Crippen LogP contribution < -0.4 is 15.1 Å². The standard InChI is InChI=1S/C23H23N3O3S/c27-23(19-8-6-18(7-9-19)17-29-20-4-2-1-3-5-20)25-24-16-21-10-11-22(30-21)26-12-14-28-15-13-26/h1-11,16H,12-15,17H2,(H,25,27)/b24-16-. The Bertz CT molecular complexity index is 980. The molecule has 2 heterocycles. The lowest BCUT2D eigenvalue weighted by molar-refractivity contribution is 0.0955. The summed E-state index contributed by atoms with van der Waals surface area (Å²) in [6.45, 7) is 3.78. The zero-order chi connectivity index (χ0) is 20.6. The highest BCUT2D eigenvalue weighted by atomic mass is 32.1. The molecule has 0 aliphatic carbocycles. The van der Waals surface area contributed by atoms with Crippen LogP contribution in [0.4, 0.5) is 5.00 Å². The Morgan fingerprint density at radius 1 is 1.07 bits per heavy atom. The van der Waals surface area contributed by atoms with Gasteiger partial charge in [-0.2, -0.15) is 5.10 Å². The predicted octanol–water partition coefficient (Wildman–Crippen LogP) is 3.93. The van der Waals surface area contributed by atoms with E-state index in [4.69, 9.17) is 9.47 Å². The van der Waals surface area contributed by atoms with Crippen LogP contribution in [0.25, 0.3) is 0 Å². The number of nitrogens with zero attached hydrogens (tertiary/aromatic N) is 2. The number of benzene rings is 2. The Hall–Kier alpha value is -3.16. The Balaban J connectivity index is 1.27. The van der Waals surface area contributed by atoms with Crippen LogP contribution >= 0.6 is 11.3 Å². The number of nitrogens with one attached hydrogen (secondary N) is 1. The number of carbonyl (C=O) groups is 1. The van der Waals surface area contributed by atoms with Gasteiger partial charge in [-0.15, -0.1) is 11.3 Å². The number of thiophene rings is 1. The monoisotopic (exact) mass is 421 g/mol. The van der Waals surface area contributed by atoms with Gasteiger partial charge in [0.05, 0.1) is 24.4 Å². The van der Waals surface area contributed by atoms with Crippen molar-refractivity contribution < 1.29 is 14.3 Å². The summed E-state index contributed by atoms with van der Waals surface area (Å²) in [5, 5.41) is 5.29. The average molecular weight is 422 g/mol. The number of amides is 1. The van der Waals surface area contributed by atoms with Crippen molar-refractivity contribution in [2.75, 3.05) is 31.2 Å². The summed E-state index contributed by atoms with van der Waals surface area (Å²) in [5.74, 6) is 0.575. The third-order valence-electron chi connectivity index (χ3n) is 4.66. The number of carbonyl (C=O) groups excluding carboxylic acids is 1. The van der Waals surface area contributed by atoms with Gasteiger partial charge in [0, 0.05) is 23.5 Å². The highest BCUT2D eigenvalue weighted by molar-refractivity contribution is 7.17. The van der Waals surface area contributed by atoms with Gasteiger partial charge in [0.2, 0.25) is 0 Å². The summed E-state index contributed by atoms with van der Waals surface area (Å²) in [5.41, 5.74) is 4.13. The van der Waals surface area contributed by atoms with Crippen molar-refractivity contribution in [2.45, 2.75) is 6.61 Å². The minimum absolute atomic E-state index is 0.244. The Kier molecular flexibility index (Phi) is 6.74. The largest absolute Gasteiger partial charge is 0.489 e. The van der Waals surface area contributed by atoms with Gasteiger partial charge in [0.15, 0.2) is 0 Å². The van der Waals surface area contributed by atoms with Gasteiger partial charge >= 0.3 is 0 Å². The molecule has 6 nitrogen and oxygen atoms in total. The molecule has 0 saturated carbocycles. The number of hydrazone groups is 1. The molecule has 0 radical (unpaired) electrons. The molecule has 1 N–H and O–H groups in total. The number of morpholine rings is 1. The summed E-state index contributed by atoms with van der Waals surface area (Å²) >= 11 is 1.65. The zero-order valence-corrected chi connectivity index (χ0v) is 17.3. The average Bonchev–Trinajstić information content (AvgIpc) is 3.28. The Morgan fingerprint density at radius 3 is 2.60 bits per heavy atom. The van der Waals surface area contributed by atoms with Crippen LogP contribution in [-0.2, 0) is 11.3 Å². The van der Waals surface area contributed by atoms with Crippen LogP contribution in [0.1, 0.15) is 20.8 Å². The Morgan fingerprint density at radius 2 is 1.83 bits per heavy atom. The van der Waals surface area contributed by atoms with Gasteiger partial charge in [-0.05, 0) is 42.0 Å². The molecule has 4 rings (SSSR count). The van der Waals surface area contributed by atoms with E-state index >= 15 is 0 Å². The van der Waals surface area contributed by atoms with E-state index in [2.05, 4.69) is 21.5 Å². The van der Waals surface area contributed by atoms with E-state index < -0.39 is 0 Å². The second-order valence-electron chi connectivity index (χ2n) is 6.77. The third kappa shape index (κ3) is 5.46. The fourth-order valence-corrected chi connectivity index (χ4v) is 3.95. The Labute approximate surface area is 179 Å².